The zero-order valence-corrected chi connectivity index (χ0v) is 21.2. The van der Waals surface area contributed by atoms with Crippen LogP contribution in [0.25, 0.3) is 0 Å². The van der Waals surface area contributed by atoms with E-state index in [9.17, 15) is 9.90 Å². The van der Waals surface area contributed by atoms with Gasteiger partial charge in [-0.25, -0.2) is 0 Å². The summed E-state index contributed by atoms with van der Waals surface area (Å²) in [5, 5.41) is 12.5. The normalized spacial score (nSPS) is 18.7. The number of aromatic nitrogens is 2. The Morgan fingerprint density at radius 1 is 1.00 bits per heavy atom. The quantitative estimate of drug-likeness (QED) is 0.361. The first-order chi connectivity index (χ1) is 17.3. The van der Waals surface area contributed by atoms with Gasteiger partial charge in [-0.3, -0.25) is 19.7 Å². The van der Waals surface area contributed by atoms with Crippen LogP contribution < -0.4 is 0 Å². The molecule has 1 unspecified atom stereocenters. The highest BCUT2D eigenvalue weighted by atomic mass is 35.5. The summed E-state index contributed by atoms with van der Waals surface area (Å²) in [7, 11) is 1.57. The van der Waals surface area contributed by atoms with E-state index < -0.39 is 11.3 Å². The lowest BCUT2D eigenvalue weighted by Crippen LogP contribution is -2.45. The Bertz CT molecular complexity index is 1410. The smallest absolute Gasteiger partial charge is 0.257 e. The van der Waals surface area contributed by atoms with Gasteiger partial charge < -0.3 is 9.84 Å². The van der Waals surface area contributed by atoms with E-state index in [0.717, 1.165) is 5.56 Å². The Morgan fingerprint density at radius 2 is 1.75 bits per heavy atom. The predicted molar refractivity (Wildman–Crippen MR) is 138 cm³/mol. The second-order valence-electron chi connectivity index (χ2n) is 8.76. The first kappa shape index (κ1) is 24.4. The van der Waals surface area contributed by atoms with Crippen LogP contribution in [0.5, 0.6) is 0 Å². The minimum absolute atomic E-state index is 0.174. The van der Waals surface area contributed by atoms with E-state index in [0.29, 0.717) is 38.1 Å². The summed E-state index contributed by atoms with van der Waals surface area (Å²) >= 11 is 12.2. The molecule has 1 amide bonds. The maximum atomic E-state index is 14.0. The van der Waals surface area contributed by atoms with Crippen molar-refractivity contribution >= 4 is 29.1 Å². The van der Waals surface area contributed by atoms with Gasteiger partial charge in [0.2, 0.25) is 0 Å². The van der Waals surface area contributed by atoms with Gasteiger partial charge in [0.25, 0.3) is 5.91 Å². The van der Waals surface area contributed by atoms with Crippen LogP contribution in [-0.2, 0) is 22.6 Å². The summed E-state index contributed by atoms with van der Waals surface area (Å²) in [6.45, 7) is 1.84. The molecule has 0 saturated carbocycles. The van der Waals surface area contributed by atoms with Crippen LogP contribution >= 0.6 is 23.2 Å². The fourth-order valence-electron chi connectivity index (χ4n) is 4.72. The van der Waals surface area contributed by atoms with E-state index in [4.69, 9.17) is 27.9 Å². The highest BCUT2D eigenvalue weighted by Crippen LogP contribution is 2.47. The summed E-state index contributed by atoms with van der Waals surface area (Å²) in [6.07, 6.45) is 3.17. The lowest BCUT2D eigenvalue weighted by molar-refractivity contribution is -0.0868. The third-order valence-electron chi connectivity index (χ3n) is 6.61. The number of hydrogen-bond donors (Lipinski definition) is 1. The molecule has 0 fully saturated rings. The van der Waals surface area contributed by atoms with Crippen molar-refractivity contribution < 1.29 is 14.6 Å². The molecule has 1 N–H and O–H groups in total. The van der Waals surface area contributed by atoms with Crippen LogP contribution in [0.15, 0.2) is 85.2 Å². The number of hydrogen-bond acceptors (Lipinski definition) is 5. The van der Waals surface area contributed by atoms with E-state index in [2.05, 4.69) is 9.97 Å². The fourth-order valence-corrected chi connectivity index (χ4v) is 4.96. The van der Waals surface area contributed by atoms with Crippen molar-refractivity contribution in [2.75, 3.05) is 7.11 Å². The summed E-state index contributed by atoms with van der Waals surface area (Å²) in [4.78, 5) is 24.3. The number of carbonyl (C=O) groups is 1. The zero-order valence-electron chi connectivity index (χ0n) is 19.7. The number of carbonyl (C=O) groups excluding carboxylic acids is 1. The van der Waals surface area contributed by atoms with Crippen LogP contribution in [-0.4, -0.2) is 33.0 Å². The van der Waals surface area contributed by atoms with Crippen LogP contribution in [0.3, 0.4) is 0 Å². The molecule has 1 aliphatic rings. The maximum absolute atomic E-state index is 14.0. The average Bonchev–Trinajstić information content (AvgIpc) is 3.14. The van der Waals surface area contributed by atoms with Crippen molar-refractivity contribution in [1.29, 1.82) is 0 Å². The molecule has 8 heteroatoms. The zero-order chi connectivity index (χ0) is 25.5. The van der Waals surface area contributed by atoms with E-state index in [-0.39, 0.29) is 12.5 Å². The summed E-state index contributed by atoms with van der Waals surface area (Å²) in [6, 6.07) is 21.4. The van der Waals surface area contributed by atoms with Crippen molar-refractivity contribution in [2.45, 2.75) is 24.8 Å². The molecule has 6 nitrogen and oxygen atoms in total. The number of methoxy groups -OCH3 is 1. The van der Waals surface area contributed by atoms with Crippen molar-refractivity contribution in [3.8, 4) is 0 Å². The van der Waals surface area contributed by atoms with Crippen molar-refractivity contribution in [3.05, 3.63) is 129 Å². The average molecular weight is 520 g/mol. The number of rotatable bonds is 6. The largest absolute Gasteiger partial charge is 0.379 e. The minimum atomic E-state index is -1.41. The van der Waals surface area contributed by atoms with E-state index in [1.165, 1.54) is 0 Å². The molecule has 0 aliphatic carbocycles. The van der Waals surface area contributed by atoms with Crippen LogP contribution in [0.1, 0.15) is 45.4 Å². The number of amides is 1. The molecule has 36 heavy (non-hydrogen) atoms. The minimum Gasteiger partial charge on any atom is -0.379 e. The molecule has 3 heterocycles. The molecule has 5 rings (SSSR count). The highest BCUT2D eigenvalue weighted by molar-refractivity contribution is 6.30. The number of aliphatic hydroxyl groups is 1. The van der Waals surface area contributed by atoms with Gasteiger partial charge in [0.05, 0.1) is 23.0 Å². The first-order valence-corrected chi connectivity index (χ1v) is 12.1. The highest BCUT2D eigenvalue weighted by Gasteiger charge is 2.52. The number of benzene rings is 2. The molecule has 4 aromatic rings. The second kappa shape index (κ2) is 9.30. The molecule has 0 bridgehead atoms. The Balaban J connectivity index is 1.67. The van der Waals surface area contributed by atoms with Gasteiger partial charge in [-0.15, -0.1) is 0 Å². The molecular formula is C28H23Cl2N3O3. The predicted octanol–water partition coefficient (Wildman–Crippen LogP) is 5.54. The van der Waals surface area contributed by atoms with Gasteiger partial charge in [-0.1, -0.05) is 53.5 Å². The number of pyridine rings is 2. The molecule has 0 saturated heterocycles. The fraction of sp³-hybridized carbons (Fsp3) is 0.179. The van der Waals surface area contributed by atoms with Crippen molar-refractivity contribution in [2.24, 2.45) is 0 Å². The lowest BCUT2D eigenvalue weighted by Gasteiger charge is -2.38. The van der Waals surface area contributed by atoms with Crippen LogP contribution in [0.4, 0.5) is 0 Å². The molecule has 2 aromatic heterocycles. The number of fused-ring (bicyclic) bond motifs is 1. The lowest BCUT2D eigenvalue weighted by atomic mass is 9.87. The van der Waals surface area contributed by atoms with Gasteiger partial charge in [0.15, 0.2) is 5.72 Å². The van der Waals surface area contributed by atoms with E-state index in [1.807, 2.05) is 24.3 Å². The second-order valence-corrected chi connectivity index (χ2v) is 9.63. The Labute approximate surface area is 219 Å². The van der Waals surface area contributed by atoms with Gasteiger partial charge in [-0.2, -0.15) is 0 Å². The van der Waals surface area contributed by atoms with Gasteiger partial charge in [0.1, 0.15) is 5.60 Å². The number of ether oxygens (including phenoxy) is 1. The molecule has 0 spiro atoms. The summed E-state index contributed by atoms with van der Waals surface area (Å²) in [5.74, 6) is -0.253. The molecule has 0 radical (unpaired) electrons. The molecular weight excluding hydrogens is 497 g/mol. The maximum Gasteiger partial charge on any atom is 0.257 e. The first-order valence-electron chi connectivity index (χ1n) is 11.3. The number of halogens is 2. The summed E-state index contributed by atoms with van der Waals surface area (Å²) in [5.41, 5.74) is 0.859. The Kier molecular flexibility index (Phi) is 6.30. The SMILES string of the molecule is CO[C@]1(c2ccc(Cl)cc2)c2ccc(C(C)(O)c3ccccn3)cc2C(=O)N1Cc1ccc(Cl)cn1. The molecule has 2 atom stereocenters. The van der Waals surface area contributed by atoms with Gasteiger partial charge >= 0.3 is 0 Å². The third-order valence-corrected chi connectivity index (χ3v) is 7.08. The topological polar surface area (TPSA) is 75.6 Å². The van der Waals surface area contributed by atoms with Crippen molar-refractivity contribution in [1.82, 2.24) is 14.9 Å². The van der Waals surface area contributed by atoms with Gasteiger partial charge in [-0.05, 0) is 55.0 Å². The van der Waals surface area contributed by atoms with E-state index >= 15 is 0 Å². The van der Waals surface area contributed by atoms with Crippen LogP contribution in [0.2, 0.25) is 10.0 Å². The molecule has 1 aliphatic heterocycles. The molecule has 182 valence electrons. The Morgan fingerprint density at radius 3 is 2.39 bits per heavy atom. The van der Waals surface area contributed by atoms with Gasteiger partial charge in [0, 0.05) is 41.2 Å². The Hall–Kier alpha value is -3.29. The monoisotopic (exact) mass is 519 g/mol. The third kappa shape index (κ3) is 3.96. The van der Waals surface area contributed by atoms with E-state index in [1.54, 1.807) is 79.9 Å². The van der Waals surface area contributed by atoms with Crippen molar-refractivity contribution in [3.63, 3.8) is 0 Å². The standard InChI is InChI=1S/C28H23Cl2N3O3/c1-27(35,25-5-3-4-14-31-25)19-8-13-24-23(15-19)26(34)33(17-22-12-11-21(30)16-32-22)28(24,36-2)18-6-9-20(29)10-7-18/h3-16,35H,17H2,1-2H3/t27?,28-/m1/s1. The van der Waals surface area contributed by atoms with Crippen LogP contribution in [0, 0.1) is 0 Å². The summed E-state index contributed by atoms with van der Waals surface area (Å²) < 4.78 is 6.17. The number of nitrogens with zero attached hydrogens (tertiary/aromatic N) is 3. The molecule has 2 aromatic carbocycles.